The summed E-state index contributed by atoms with van der Waals surface area (Å²) in [4.78, 5) is 49.5. The maximum atomic E-state index is 12.6. The highest BCUT2D eigenvalue weighted by atomic mass is 35.5. The van der Waals surface area contributed by atoms with Gasteiger partial charge in [0, 0.05) is 32.1 Å². The van der Waals surface area contributed by atoms with Crippen LogP contribution in [0.25, 0.3) is 6.08 Å². The Bertz CT molecular complexity index is 1100. The van der Waals surface area contributed by atoms with Gasteiger partial charge in [-0.1, -0.05) is 47.5 Å². The van der Waals surface area contributed by atoms with Crippen LogP contribution in [-0.4, -0.2) is 41.0 Å². The molecule has 0 saturated carbocycles. The Kier molecular flexibility index (Phi) is 7.95. The number of carbonyl (C=O) groups is 4. The quantitative estimate of drug-likeness (QED) is 0.568. The fraction of sp³-hybridized carbons (Fsp3) is 0.182. The van der Waals surface area contributed by atoms with Crippen molar-refractivity contribution in [1.82, 2.24) is 15.5 Å². The molecule has 2 N–H and O–H groups in total. The predicted molar refractivity (Wildman–Crippen MR) is 125 cm³/mol. The topological polar surface area (TPSA) is 95.6 Å². The van der Waals surface area contributed by atoms with Gasteiger partial charge in [-0.25, -0.2) is 0 Å². The molecule has 10 heteroatoms. The van der Waals surface area contributed by atoms with Crippen molar-refractivity contribution < 1.29 is 19.2 Å². The second kappa shape index (κ2) is 10.7. The summed E-state index contributed by atoms with van der Waals surface area (Å²) in [5, 5.41) is 5.61. The summed E-state index contributed by atoms with van der Waals surface area (Å²) in [5.41, 5.74) is 1.84. The maximum Gasteiger partial charge on any atom is 0.293 e. The third-order valence-electron chi connectivity index (χ3n) is 4.52. The standard InChI is InChI=1S/C22H19Cl2N3O4S/c1-13(28)26-12-14-5-7-15(8-6-14)20(29)25-9-10-27-21(30)18(32-22(27)31)11-16-3-2-4-17(23)19(16)24/h2-8,11H,9-10,12H2,1H3,(H,25,29)(H,26,28)/b18-11-. The molecule has 7 nitrogen and oxygen atoms in total. The van der Waals surface area contributed by atoms with Crippen molar-refractivity contribution >= 4 is 64.0 Å². The largest absolute Gasteiger partial charge is 0.352 e. The molecule has 0 bridgehead atoms. The van der Waals surface area contributed by atoms with Gasteiger partial charge in [0.2, 0.25) is 5.91 Å². The molecule has 1 fully saturated rings. The van der Waals surface area contributed by atoms with E-state index in [0.717, 1.165) is 22.2 Å². The van der Waals surface area contributed by atoms with Crippen LogP contribution in [0.1, 0.15) is 28.4 Å². The minimum Gasteiger partial charge on any atom is -0.352 e. The highest BCUT2D eigenvalue weighted by Gasteiger charge is 2.34. The first-order chi connectivity index (χ1) is 15.3. The molecule has 166 valence electrons. The van der Waals surface area contributed by atoms with E-state index in [1.54, 1.807) is 42.5 Å². The van der Waals surface area contributed by atoms with E-state index in [2.05, 4.69) is 10.6 Å². The van der Waals surface area contributed by atoms with Gasteiger partial charge in [-0.15, -0.1) is 0 Å². The minimum absolute atomic E-state index is 0.0393. The van der Waals surface area contributed by atoms with E-state index in [4.69, 9.17) is 23.2 Å². The van der Waals surface area contributed by atoms with Crippen molar-refractivity contribution in [3.8, 4) is 0 Å². The summed E-state index contributed by atoms with van der Waals surface area (Å²) < 4.78 is 0. The lowest BCUT2D eigenvalue weighted by Crippen LogP contribution is -2.37. The number of halogens is 2. The Hall–Kier alpha value is -2.81. The van der Waals surface area contributed by atoms with Gasteiger partial charge in [0.1, 0.15) is 0 Å². The van der Waals surface area contributed by atoms with Gasteiger partial charge in [-0.2, -0.15) is 0 Å². The highest BCUT2D eigenvalue weighted by Crippen LogP contribution is 2.34. The molecule has 1 saturated heterocycles. The lowest BCUT2D eigenvalue weighted by molar-refractivity contribution is -0.122. The molecule has 0 aromatic heterocycles. The first kappa shape index (κ1) is 23.8. The number of benzene rings is 2. The molecule has 2 aromatic carbocycles. The van der Waals surface area contributed by atoms with Gasteiger partial charge in [0.15, 0.2) is 0 Å². The fourth-order valence-electron chi connectivity index (χ4n) is 2.85. The second-order valence-corrected chi connectivity index (χ2v) is 8.62. The molecule has 0 aliphatic carbocycles. The van der Waals surface area contributed by atoms with E-state index in [0.29, 0.717) is 27.7 Å². The van der Waals surface area contributed by atoms with Crippen LogP contribution in [0, 0.1) is 0 Å². The third kappa shape index (κ3) is 5.91. The van der Waals surface area contributed by atoms with Crippen molar-refractivity contribution in [3.63, 3.8) is 0 Å². The van der Waals surface area contributed by atoms with E-state index in [-0.39, 0.29) is 29.8 Å². The summed E-state index contributed by atoms with van der Waals surface area (Å²) in [5.74, 6) is -0.915. The van der Waals surface area contributed by atoms with Crippen LogP contribution in [0.2, 0.25) is 10.0 Å². The Balaban J connectivity index is 1.55. The van der Waals surface area contributed by atoms with E-state index < -0.39 is 11.1 Å². The average molecular weight is 492 g/mol. The van der Waals surface area contributed by atoms with Gasteiger partial charge in [-0.05, 0) is 47.2 Å². The Morgan fingerprint density at radius 2 is 1.78 bits per heavy atom. The molecule has 0 spiro atoms. The molecule has 32 heavy (non-hydrogen) atoms. The molecule has 3 rings (SSSR count). The molecule has 1 aliphatic rings. The number of thioether (sulfide) groups is 1. The van der Waals surface area contributed by atoms with Crippen molar-refractivity contribution in [2.75, 3.05) is 13.1 Å². The molecule has 0 atom stereocenters. The number of nitrogens with zero attached hydrogens (tertiary/aromatic N) is 1. The molecule has 0 radical (unpaired) electrons. The van der Waals surface area contributed by atoms with Crippen LogP contribution in [0.3, 0.4) is 0 Å². The van der Waals surface area contributed by atoms with Gasteiger partial charge < -0.3 is 10.6 Å². The molecule has 4 amide bonds. The summed E-state index contributed by atoms with van der Waals surface area (Å²) in [7, 11) is 0. The second-order valence-electron chi connectivity index (χ2n) is 6.84. The molecular formula is C22H19Cl2N3O4S. The minimum atomic E-state index is -0.451. The van der Waals surface area contributed by atoms with Crippen molar-refractivity contribution in [2.45, 2.75) is 13.5 Å². The Labute approximate surface area is 199 Å². The van der Waals surface area contributed by atoms with Crippen LogP contribution in [0.5, 0.6) is 0 Å². The molecular weight excluding hydrogens is 473 g/mol. The first-order valence-electron chi connectivity index (χ1n) is 9.57. The number of amides is 4. The van der Waals surface area contributed by atoms with Crippen LogP contribution in [-0.2, 0) is 16.1 Å². The number of imide groups is 1. The smallest absolute Gasteiger partial charge is 0.293 e. The van der Waals surface area contributed by atoms with E-state index in [1.807, 2.05) is 0 Å². The number of nitrogens with one attached hydrogen (secondary N) is 2. The molecule has 0 unspecified atom stereocenters. The lowest BCUT2D eigenvalue weighted by Gasteiger charge is -2.13. The first-order valence-corrected chi connectivity index (χ1v) is 11.1. The van der Waals surface area contributed by atoms with Crippen LogP contribution in [0.4, 0.5) is 4.79 Å². The number of hydrogen-bond donors (Lipinski definition) is 2. The Morgan fingerprint density at radius 1 is 1.06 bits per heavy atom. The zero-order valence-electron chi connectivity index (χ0n) is 17.0. The zero-order valence-corrected chi connectivity index (χ0v) is 19.3. The van der Waals surface area contributed by atoms with Crippen LogP contribution >= 0.6 is 35.0 Å². The monoisotopic (exact) mass is 491 g/mol. The van der Waals surface area contributed by atoms with Crippen LogP contribution in [0.15, 0.2) is 47.4 Å². The van der Waals surface area contributed by atoms with Crippen molar-refractivity contribution in [1.29, 1.82) is 0 Å². The normalized spacial score (nSPS) is 14.7. The van der Waals surface area contributed by atoms with Gasteiger partial charge in [0.25, 0.3) is 17.1 Å². The number of carbonyl (C=O) groups excluding carboxylic acids is 4. The third-order valence-corrected chi connectivity index (χ3v) is 6.26. The molecule has 1 heterocycles. The van der Waals surface area contributed by atoms with Gasteiger partial charge >= 0.3 is 0 Å². The van der Waals surface area contributed by atoms with Crippen molar-refractivity contribution in [3.05, 3.63) is 74.1 Å². The summed E-state index contributed by atoms with van der Waals surface area (Å²) >= 11 is 12.9. The highest BCUT2D eigenvalue weighted by molar-refractivity contribution is 8.18. The van der Waals surface area contributed by atoms with Crippen molar-refractivity contribution in [2.24, 2.45) is 0 Å². The fourth-order valence-corrected chi connectivity index (χ4v) is 4.07. The SMILES string of the molecule is CC(=O)NCc1ccc(C(=O)NCCN2C(=O)S/C(=C\c3cccc(Cl)c3Cl)C2=O)cc1. The molecule has 1 aliphatic heterocycles. The lowest BCUT2D eigenvalue weighted by atomic mass is 10.1. The van der Waals surface area contributed by atoms with E-state index >= 15 is 0 Å². The Morgan fingerprint density at radius 3 is 2.47 bits per heavy atom. The maximum absolute atomic E-state index is 12.6. The van der Waals surface area contributed by atoms with E-state index in [9.17, 15) is 19.2 Å². The summed E-state index contributed by atoms with van der Waals surface area (Å²) in [6, 6.07) is 11.8. The molecule has 2 aromatic rings. The zero-order chi connectivity index (χ0) is 23.3. The average Bonchev–Trinajstić information content (AvgIpc) is 3.03. The van der Waals surface area contributed by atoms with E-state index in [1.165, 1.54) is 13.0 Å². The van der Waals surface area contributed by atoms with Gasteiger partial charge in [-0.3, -0.25) is 24.1 Å². The predicted octanol–water partition coefficient (Wildman–Crippen LogP) is 4.10. The number of hydrogen-bond acceptors (Lipinski definition) is 5. The van der Waals surface area contributed by atoms with Gasteiger partial charge in [0.05, 0.1) is 15.0 Å². The summed E-state index contributed by atoms with van der Waals surface area (Å²) in [6.07, 6.45) is 1.53. The van der Waals surface area contributed by atoms with Crippen LogP contribution < -0.4 is 10.6 Å². The number of rotatable bonds is 7. The summed E-state index contributed by atoms with van der Waals surface area (Å²) in [6.45, 7) is 1.96.